The summed E-state index contributed by atoms with van der Waals surface area (Å²) in [5, 5.41) is 3.77. The van der Waals surface area contributed by atoms with E-state index in [2.05, 4.69) is 37.9 Å². The van der Waals surface area contributed by atoms with Gasteiger partial charge in [-0.15, -0.1) is 0 Å². The quantitative estimate of drug-likeness (QED) is 0.848. The smallest absolute Gasteiger partial charge is 0.0674 e. The molecule has 1 aliphatic heterocycles. The second-order valence-electron chi connectivity index (χ2n) is 7.12. The van der Waals surface area contributed by atoms with Crippen molar-refractivity contribution in [2.75, 3.05) is 32.8 Å². The minimum atomic E-state index is 0.405. The molecular formula is C16H32N2O. The van der Waals surface area contributed by atoms with E-state index in [1.807, 2.05) is 0 Å². The Bertz CT molecular complexity index is 280. The van der Waals surface area contributed by atoms with Crippen molar-refractivity contribution in [1.29, 1.82) is 0 Å². The van der Waals surface area contributed by atoms with Crippen LogP contribution in [0.2, 0.25) is 0 Å². The Labute approximate surface area is 119 Å². The highest BCUT2D eigenvalue weighted by Crippen LogP contribution is 2.39. The number of nitrogens with zero attached hydrogens (tertiary/aromatic N) is 1. The summed E-state index contributed by atoms with van der Waals surface area (Å²) >= 11 is 0. The van der Waals surface area contributed by atoms with Gasteiger partial charge in [-0.25, -0.2) is 0 Å². The molecule has 1 saturated heterocycles. The third kappa shape index (κ3) is 3.93. The van der Waals surface area contributed by atoms with E-state index in [9.17, 15) is 0 Å². The van der Waals surface area contributed by atoms with Crippen LogP contribution < -0.4 is 5.32 Å². The molecule has 3 heteroatoms. The molecular weight excluding hydrogens is 236 g/mol. The molecule has 3 unspecified atom stereocenters. The fourth-order valence-electron chi connectivity index (χ4n) is 4.03. The van der Waals surface area contributed by atoms with Gasteiger partial charge in [-0.2, -0.15) is 0 Å². The van der Waals surface area contributed by atoms with E-state index in [0.29, 0.717) is 17.6 Å². The van der Waals surface area contributed by atoms with Crippen LogP contribution >= 0.6 is 0 Å². The standard InChI is InChI=1S/C16H32N2O/c1-5-17-15-14(7-6-8-16(15,3)4)12-18-9-10-19-13(2)11-18/h13-15,17H,5-12H2,1-4H3. The molecule has 1 saturated carbocycles. The van der Waals surface area contributed by atoms with Gasteiger partial charge in [0.2, 0.25) is 0 Å². The summed E-state index contributed by atoms with van der Waals surface area (Å²) in [4.78, 5) is 2.62. The van der Waals surface area contributed by atoms with Crippen molar-refractivity contribution in [3.63, 3.8) is 0 Å². The number of hydrogen-bond acceptors (Lipinski definition) is 3. The SMILES string of the molecule is CCNC1C(CN2CCOC(C)C2)CCCC1(C)C. The lowest BCUT2D eigenvalue weighted by molar-refractivity contribution is -0.0317. The maximum Gasteiger partial charge on any atom is 0.0674 e. The fourth-order valence-corrected chi connectivity index (χ4v) is 4.03. The van der Waals surface area contributed by atoms with Gasteiger partial charge in [0.25, 0.3) is 0 Å². The van der Waals surface area contributed by atoms with Gasteiger partial charge in [0.05, 0.1) is 12.7 Å². The Morgan fingerprint density at radius 1 is 1.37 bits per heavy atom. The summed E-state index contributed by atoms with van der Waals surface area (Å²) in [6.45, 7) is 14.8. The Balaban J connectivity index is 1.96. The first-order valence-electron chi connectivity index (χ1n) is 8.10. The summed E-state index contributed by atoms with van der Waals surface area (Å²) in [6.07, 6.45) is 4.54. The maximum absolute atomic E-state index is 5.66. The van der Waals surface area contributed by atoms with Gasteiger partial charge in [-0.1, -0.05) is 27.2 Å². The van der Waals surface area contributed by atoms with Gasteiger partial charge in [0, 0.05) is 25.7 Å². The van der Waals surface area contributed by atoms with Crippen LogP contribution in [0.5, 0.6) is 0 Å². The minimum absolute atomic E-state index is 0.405. The second kappa shape index (κ2) is 6.55. The lowest BCUT2D eigenvalue weighted by Crippen LogP contribution is -2.54. The Morgan fingerprint density at radius 3 is 2.84 bits per heavy atom. The van der Waals surface area contributed by atoms with Crippen molar-refractivity contribution >= 4 is 0 Å². The zero-order chi connectivity index (χ0) is 13.9. The summed E-state index contributed by atoms with van der Waals surface area (Å²) in [5.41, 5.74) is 0.441. The third-order valence-electron chi connectivity index (χ3n) is 4.95. The highest BCUT2D eigenvalue weighted by atomic mass is 16.5. The van der Waals surface area contributed by atoms with Crippen LogP contribution in [0, 0.1) is 11.3 Å². The van der Waals surface area contributed by atoms with Crippen LogP contribution in [0.4, 0.5) is 0 Å². The highest BCUT2D eigenvalue weighted by Gasteiger charge is 2.39. The van der Waals surface area contributed by atoms with Crippen molar-refractivity contribution < 1.29 is 4.74 Å². The maximum atomic E-state index is 5.66. The molecule has 0 aromatic carbocycles. The van der Waals surface area contributed by atoms with Gasteiger partial charge in [0.1, 0.15) is 0 Å². The van der Waals surface area contributed by atoms with Gasteiger partial charge < -0.3 is 10.1 Å². The first-order valence-corrected chi connectivity index (χ1v) is 8.10. The van der Waals surface area contributed by atoms with E-state index >= 15 is 0 Å². The molecule has 0 amide bonds. The topological polar surface area (TPSA) is 24.5 Å². The van der Waals surface area contributed by atoms with Crippen molar-refractivity contribution in [2.24, 2.45) is 11.3 Å². The Morgan fingerprint density at radius 2 is 2.16 bits per heavy atom. The second-order valence-corrected chi connectivity index (χ2v) is 7.12. The number of morpholine rings is 1. The molecule has 2 rings (SSSR count). The van der Waals surface area contributed by atoms with E-state index in [4.69, 9.17) is 4.74 Å². The molecule has 0 spiro atoms. The van der Waals surface area contributed by atoms with Crippen molar-refractivity contribution in [1.82, 2.24) is 10.2 Å². The van der Waals surface area contributed by atoms with Crippen LogP contribution in [-0.2, 0) is 4.74 Å². The molecule has 112 valence electrons. The summed E-state index contributed by atoms with van der Waals surface area (Å²) < 4.78 is 5.66. The zero-order valence-electron chi connectivity index (χ0n) is 13.2. The van der Waals surface area contributed by atoms with Crippen molar-refractivity contribution in [3.05, 3.63) is 0 Å². The lowest BCUT2D eigenvalue weighted by Gasteiger charge is -2.46. The van der Waals surface area contributed by atoms with E-state index < -0.39 is 0 Å². The predicted molar refractivity (Wildman–Crippen MR) is 80.4 cm³/mol. The Kier molecular flexibility index (Phi) is 5.27. The molecule has 0 aromatic heterocycles. The van der Waals surface area contributed by atoms with Gasteiger partial charge >= 0.3 is 0 Å². The van der Waals surface area contributed by atoms with Crippen LogP contribution in [0.15, 0.2) is 0 Å². The molecule has 3 atom stereocenters. The zero-order valence-corrected chi connectivity index (χ0v) is 13.2. The lowest BCUT2D eigenvalue weighted by atomic mass is 9.67. The monoisotopic (exact) mass is 268 g/mol. The number of nitrogens with one attached hydrogen (secondary N) is 1. The van der Waals surface area contributed by atoms with Crippen molar-refractivity contribution in [2.45, 2.75) is 59.1 Å². The molecule has 2 aliphatic rings. The molecule has 0 aromatic rings. The number of hydrogen-bond donors (Lipinski definition) is 1. The van der Waals surface area contributed by atoms with Crippen LogP contribution in [0.1, 0.15) is 47.0 Å². The number of ether oxygens (including phenoxy) is 1. The van der Waals surface area contributed by atoms with E-state index in [1.54, 1.807) is 0 Å². The summed E-state index contributed by atoms with van der Waals surface area (Å²) in [6, 6.07) is 0.671. The van der Waals surface area contributed by atoms with E-state index in [0.717, 1.165) is 32.2 Å². The van der Waals surface area contributed by atoms with E-state index in [-0.39, 0.29) is 0 Å². The first-order chi connectivity index (χ1) is 9.03. The number of rotatable bonds is 4. The largest absolute Gasteiger partial charge is 0.376 e. The molecule has 1 heterocycles. The minimum Gasteiger partial charge on any atom is -0.376 e. The molecule has 1 aliphatic carbocycles. The first kappa shape index (κ1) is 15.3. The average Bonchev–Trinajstić information content (AvgIpc) is 2.33. The van der Waals surface area contributed by atoms with Crippen LogP contribution in [0.25, 0.3) is 0 Å². The van der Waals surface area contributed by atoms with Gasteiger partial charge in [-0.3, -0.25) is 4.90 Å². The van der Waals surface area contributed by atoms with Gasteiger partial charge in [0.15, 0.2) is 0 Å². The summed E-state index contributed by atoms with van der Waals surface area (Å²) in [5.74, 6) is 0.800. The third-order valence-corrected chi connectivity index (χ3v) is 4.95. The van der Waals surface area contributed by atoms with Gasteiger partial charge in [-0.05, 0) is 37.6 Å². The van der Waals surface area contributed by atoms with Crippen LogP contribution in [-0.4, -0.2) is 49.8 Å². The molecule has 1 N–H and O–H groups in total. The highest BCUT2D eigenvalue weighted by molar-refractivity contribution is 4.94. The molecule has 0 bridgehead atoms. The summed E-state index contributed by atoms with van der Waals surface area (Å²) in [7, 11) is 0. The fraction of sp³-hybridized carbons (Fsp3) is 1.00. The van der Waals surface area contributed by atoms with E-state index in [1.165, 1.54) is 25.8 Å². The predicted octanol–water partition coefficient (Wildman–Crippen LogP) is 2.51. The molecule has 2 fully saturated rings. The Hall–Kier alpha value is -0.120. The molecule has 19 heavy (non-hydrogen) atoms. The van der Waals surface area contributed by atoms with Crippen molar-refractivity contribution in [3.8, 4) is 0 Å². The molecule has 0 radical (unpaired) electrons. The van der Waals surface area contributed by atoms with Crippen LogP contribution in [0.3, 0.4) is 0 Å². The average molecular weight is 268 g/mol. The normalized spacial score (nSPS) is 36.3. The molecule has 3 nitrogen and oxygen atoms in total.